The van der Waals surface area contributed by atoms with E-state index < -0.39 is 5.92 Å². The molecule has 0 bridgehead atoms. The van der Waals surface area contributed by atoms with Gasteiger partial charge in [0.1, 0.15) is 0 Å². The van der Waals surface area contributed by atoms with Gasteiger partial charge in [0.15, 0.2) is 5.58 Å². The van der Waals surface area contributed by atoms with Crippen LogP contribution in [0.15, 0.2) is 16.5 Å². The molecule has 4 heterocycles. The van der Waals surface area contributed by atoms with Crippen LogP contribution in [0.3, 0.4) is 0 Å². The summed E-state index contributed by atoms with van der Waals surface area (Å²) in [4.78, 5) is 25.0. The van der Waals surface area contributed by atoms with E-state index in [2.05, 4.69) is 9.97 Å². The van der Waals surface area contributed by atoms with E-state index in [-0.39, 0.29) is 37.8 Å². The summed E-state index contributed by atoms with van der Waals surface area (Å²) in [7, 11) is 0. The zero-order valence-corrected chi connectivity index (χ0v) is 14.8. The number of fused-ring (bicyclic) bond motifs is 1. The minimum Gasteiger partial charge on any atom is -0.422 e. The molecule has 6 nitrogen and oxygen atoms in total. The molecule has 0 saturated carbocycles. The van der Waals surface area contributed by atoms with Crippen molar-refractivity contribution < 1.29 is 18.0 Å². The molecule has 0 aliphatic carbocycles. The summed E-state index contributed by atoms with van der Waals surface area (Å²) in [6.07, 6.45) is 0.896. The summed E-state index contributed by atoms with van der Waals surface area (Å²) in [5.74, 6) is -2.72. The number of amides is 1. The molecule has 0 N–H and O–H groups in total. The van der Waals surface area contributed by atoms with Crippen LogP contribution in [0.1, 0.15) is 31.4 Å². The van der Waals surface area contributed by atoms with E-state index in [0.29, 0.717) is 43.2 Å². The first kappa shape index (κ1) is 17.2. The normalized spacial score (nSPS) is 21.3. The number of oxazole rings is 1. The molecule has 4 rings (SSSR count). The van der Waals surface area contributed by atoms with Crippen molar-refractivity contribution in [3.63, 3.8) is 0 Å². The molecule has 2 aliphatic rings. The van der Waals surface area contributed by atoms with E-state index in [0.717, 1.165) is 5.69 Å². The third kappa shape index (κ3) is 3.37. The first-order valence-electron chi connectivity index (χ1n) is 9.07. The van der Waals surface area contributed by atoms with Gasteiger partial charge in [0, 0.05) is 50.6 Å². The molecule has 0 unspecified atom stereocenters. The fourth-order valence-electron chi connectivity index (χ4n) is 3.67. The third-order valence-corrected chi connectivity index (χ3v) is 5.30. The van der Waals surface area contributed by atoms with Gasteiger partial charge in [-0.15, -0.1) is 0 Å². The van der Waals surface area contributed by atoms with Crippen molar-refractivity contribution in [1.29, 1.82) is 0 Å². The number of anilines is 1. The number of carbonyl (C=O) groups is 1. The summed E-state index contributed by atoms with van der Waals surface area (Å²) in [5.41, 5.74) is 2.12. The molecular formula is C18H22F2N4O2. The van der Waals surface area contributed by atoms with Gasteiger partial charge in [-0.05, 0) is 31.9 Å². The number of alkyl halides is 2. The molecule has 2 fully saturated rings. The number of rotatable bonds is 2. The second kappa shape index (κ2) is 6.48. The van der Waals surface area contributed by atoms with Crippen LogP contribution in [0.5, 0.6) is 0 Å². The first-order valence-corrected chi connectivity index (χ1v) is 9.07. The first-order chi connectivity index (χ1) is 12.4. The maximum absolute atomic E-state index is 13.3. The van der Waals surface area contributed by atoms with Crippen LogP contribution < -0.4 is 4.90 Å². The number of halogens is 2. The zero-order chi connectivity index (χ0) is 18.3. The van der Waals surface area contributed by atoms with Crippen molar-refractivity contribution in [2.45, 2.75) is 38.5 Å². The smallest absolute Gasteiger partial charge is 0.299 e. The summed E-state index contributed by atoms with van der Waals surface area (Å²) < 4.78 is 32.3. The van der Waals surface area contributed by atoms with E-state index in [1.54, 1.807) is 4.90 Å². The molecule has 0 aromatic carbocycles. The molecule has 26 heavy (non-hydrogen) atoms. The van der Waals surface area contributed by atoms with E-state index in [4.69, 9.17) is 4.42 Å². The van der Waals surface area contributed by atoms with Crippen molar-refractivity contribution in [3.05, 3.63) is 17.8 Å². The monoisotopic (exact) mass is 364 g/mol. The number of likely N-dealkylation sites (tertiary alicyclic amines) is 1. The maximum Gasteiger partial charge on any atom is 0.299 e. The molecule has 140 valence electrons. The highest BCUT2D eigenvalue weighted by Crippen LogP contribution is 2.31. The highest BCUT2D eigenvalue weighted by molar-refractivity contribution is 5.79. The van der Waals surface area contributed by atoms with Crippen molar-refractivity contribution in [2.75, 3.05) is 31.1 Å². The van der Waals surface area contributed by atoms with Crippen LogP contribution >= 0.6 is 0 Å². The fourth-order valence-corrected chi connectivity index (χ4v) is 3.67. The Balaban J connectivity index is 1.36. The molecule has 2 saturated heterocycles. The fraction of sp³-hybridized carbons (Fsp3) is 0.611. The van der Waals surface area contributed by atoms with E-state index in [1.807, 2.05) is 24.0 Å². The number of piperidine rings is 2. The molecule has 2 aromatic rings. The van der Waals surface area contributed by atoms with Gasteiger partial charge in [-0.25, -0.2) is 13.8 Å². The maximum atomic E-state index is 13.3. The SMILES string of the molecule is Cc1ccc2oc(N3CCC(C(=O)N4CCC(F)(F)CC4)CC3)nc2n1. The predicted molar refractivity (Wildman–Crippen MR) is 92.2 cm³/mol. The largest absolute Gasteiger partial charge is 0.422 e. The number of aromatic nitrogens is 2. The van der Waals surface area contributed by atoms with Gasteiger partial charge >= 0.3 is 0 Å². The molecule has 0 radical (unpaired) electrons. The number of aryl methyl sites for hydroxylation is 1. The average molecular weight is 364 g/mol. The van der Waals surface area contributed by atoms with Crippen molar-refractivity contribution in [2.24, 2.45) is 5.92 Å². The van der Waals surface area contributed by atoms with Gasteiger partial charge < -0.3 is 14.2 Å². The van der Waals surface area contributed by atoms with Crippen LogP contribution in [0, 0.1) is 12.8 Å². The summed E-state index contributed by atoms with van der Waals surface area (Å²) in [6, 6.07) is 4.27. The van der Waals surface area contributed by atoms with E-state index in [9.17, 15) is 13.6 Å². The number of nitrogens with zero attached hydrogens (tertiary/aromatic N) is 4. The van der Waals surface area contributed by atoms with Crippen LogP contribution in [0.4, 0.5) is 14.8 Å². The number of hydrogen-bond donors (Lipinski definition) is 0. The number of pyridine rings is 1. The Morgan fingerprint density at radius 2 is 1.85 bits per heavy atom. The Labute approximate surface area is 150 Å². The van der Waals surface area contributed by atoms with E-state index >= 15 is 0 Å². The molecule has 2 aliphatic heterocycles. The summed E-state index contributed by atoms with van der Waals surface area (Å²) in [5, 5.41) is 0. The van der Waals surface area contributed by atoms with Gasteiger partial charge in [-0.1, -0.05) is 0 Å². The van der Waals surface area contributed by atoms with Gasteiger partial charge in [0.05, 0.1) is 0 Å². The highest BCUT2D eigenvalue weighted by atomic mass is 19.3. The quantitative estimate of drug-likeness (QED) is 0.820. The third-order valence-electron chi connectivity index (χ3n) is 5.30. The summed E-state index contributed by atoms with van der Waals surface area (Å²) >= 11 is 0. The summed E-state index contributed by atoms with van der Waals surface area (Å²) in [6.45, 7) is 3.53. The zero-order valence-electron chi connectivity index (χ0n) is 14.8. The average Bonchev–Trinajstić information content (AvgIpc) is 3.04. The molecule has 2 aromatic heterocycles. The minimum atomic E-state index is -2.63. The second-order valence-electron chi connectivity index (χ2n) is 7.21. The second-order valence-corrected chi connectivity index (χ2v) is 7.21. The highest BCUT2D eigenvalue weighted by Gasteiger charge is 2.38. The molecular weight excluding hydrogens is 342 g/mol. The van der Waals surface area contributed by atoms with Gasteiger partial charge in [0.25, 0.3) is 11.9 Å². The lowest BCUT2D eigenvalue weighted by Gasteiger charge is -2.36. The standard InChI is InChI=1S/C18H22F2N4O2/c1-12-2-3-14-15(21-12)22-17(26-14)24-8-4-13(5-9-24)16(25)23-10-6-18(19,20)7-11-23/h2-3,13H,4-11H2,1H3. The molecule has 8 heteroatoms. The lowest BCUT2D eigenvalue weighted by Crippen LogP contribution is -2.47. The predicted octanol–water partition coefficient (Wildman–Crippen LogP) is 3.01. The van der Waals surface area contributed by atoms with Crippen LogP contribution in [0.25, 0.3) is 11.2 Å². The van der Waals surface area contributed by atoms with Crippen molar-refractivity contribution in [3.8, 4) is 0 Å². The topological polar surface area (TPSA) is 62.5 Å². The van der Waals surface area contributed by atoms with Crippen molar-refractivity contribution >= 4 is 23.2 Å². The Kier molecular flexibility index (Phi) is 4.28. The van der Waals surface area contributed by atoms with Crippen LogP contribution in [-0.2, 0) is 4.79 Å². The van der Waals surface area contributed by atoms with Crippen LogP contribution in [0.2, 0.25) is 0 Å². The lowest BCUT2D eigenvalue weighted by atomic mass is 9.94. The molecule has 1 amide bonds. The molecule has 0 spiro atoms. The van der Waals surface area contributed by atoms with Gasteiger partial charge in [-0.3, -0.25) is 4.79 Å². The van der Waals surface area contributed by atoms with Gasteiger partial charge in [0.2, 0.25) is 11.6 Å². The number of hydrogen-bond acceptors (Lipinski definition) is 5. The lowest BCUT2D eigenvalue weighted by molar-refractivity contribution is -0.142. The Hall–Kier alpha value is -2.25. The van der Waals surface area contributed by atoms with Gasteiger partial charge in [-0.2, -0.15) is 4.98 Å². The minimum absolute atomic E-state index is 0.00927. The Morgan fingerprint density at radius 1 is 1.15 bits per heavy atom. The molecule has 0 atom stereocenters. The van der Waals surface area contributed by atoms with Crippen molar-refractivity contribution in [1.82, 2.24) is 14.9 Å². The Bertz CT molecular complexity index is 805. The van der Waals surface area contributed by atoms with E-state index in [1.165, 1.54) is 0 Å². The Morgan fingerprint density at radius 3 is 2.54 bits per heavy atom. The number of carbonyl (C=O) groups excluding carboxylic acids is 1. The van der Waals surface area contributed by atoms with Crippen LogP contribution in [-0.4, -0.2) is 52.9 Å².